The van der Waals surface area contributed by atoms with Crippen molar-refractivity contribution in [1.29, 1.82) is 0 Å². The summed E-state index contributed by atoms with van der Waals surface area (Å²) < 4.78 is 5.36. The molecule has 0 bridgehead atoms. The van der Waals surface area contributed by atoms with Crippen molar-refractivity contribution in [1.82, 2.24) is 0 Å². The predicted molar refractivity (Wildman–Crippen MR) is 89.8 cm³/mol. The van der Waals surface area contributed by atoms with Gasteiger partial charge in [0.05, 0.1) is 18.2 Å². The molecule has 1 atom stereocenters. The van der Waals surface area contributed by atoms with Crippen LogP contribution < -0.4 is 15.4 Å². The number of hydrogen-bond acceptors (Lipinski definition) is 3. The lowest BCUT2D eigenvalue weighted by Gasteiger charge is -2.20. The van der Waals surface area contributed by atoms with Crippen molar-refractivity contribution in [3.8, 4) is 5.75 Å². The average molecular weight is 325 g/mol. The minimum Gasteiger partial charge on any atom is -0.495 e. The minimum absolute atomic E-state index is 0.401. The number of halogens is 2. The Hall–Kier alpha value is -1.42. The lowest BCUT2D eigenvalue weighted by molar-refractivity contribution is 0.408. The van der Waals surface area contributed by atoms with Crippen molar-refractivity contribution >= 4 is 28.9 Å². The van der Waals surface area contributed by atoms with Gasteiger partial charge in [0.25, 0.3) is 0 Å². The van der Waals surface area contributed by atoms with Crippen LogP contribution in [0.25, 0.3) is 0 Å². The molecule has 0 aliphatic carbocycles. The number of nitrogens with zero attached hydrogens (tertiary/aromatic N) is 1. The van der Waals surface area contributed by atoms with E-state index < -0.39 is 6.04 Å². The Morgan fingerprint density at radius 1 is 1.00 bits per heavy atom. The molecule has 0 radical (unpaired) electrons. The van der Waals surface area contributed by atoms with Gasteiger partial charge in [-0.3, -0.25) is 0 Å². The van der Waals surface area contributed by atoms with E-state index in [1.807, 2.05) is 43.3 Å². The Morgan fingerprint density at radius 2 is 1.57 bits per heavy atom. The molecule has 5 heteroatoms. The normalized spacial score (nSPS) is 12.1. The van der Waals surface area contributed by atoms with Gasteiger partial charge in [-0.25, -0.2) is 0 Å². The van der Waals surface area contributed by atoms with Gasteiger partial charge >= 0.3 is 0 Å². The zero-order valence-electron chi connectivity index (χ0n) is 12.2. The largest absolute Gasteiger partial charge is 0.495 e. The summed E-state index contributed by atoms with van der Waals surface area (Å²) in [7, 11) is 5.54. The maximum Gasteiger partial charge on any atom is 0.144 e. The standard InChI is InChI=1S/C16H18Cl2N2O/c1-20(2)11-6-4-10(5-7-11)15(19)14-12(17)8-9-13(18)16(14)21-3/h4-9,15H,19H2,1-3H3. The van der Waals surface area contributed by atoms with E-state index in [9.17, 15) is 0 Å². The number of nitrogens with two attached hydrogens (primary N) is 1. The molecule has 0 heterocycles. The fraction of sp³-hybridized carbons (Fsp3) is 0.250. The molecular weight excluding hydrogens is 307 g/mol. The van der Waals surface area contributed by atoms with Crippen LogP contribution in [0.3, 0.4) is 0 Å². The van der Waals surface area contributed by atoms with E-state index in [-0.39, 0.29) is 0 Å². The molecule has 2 aromatic carbocycles. The Morgan fingerprint density at radius 3 is 2.10 bits per heavy atom. The first-order valence-electron chi connectivity index (χ1n) is 6.50. The first-order valence-corrected chi connectivity index (χ1v) is 7.26. The van der Waals surface area contributed by atoms with Gasteiger partial charge in [0.15, 0.2) is 0 Å². The Kier molecular flexibility index (Phi) is 4.99. The van der Waals surface area contributed by atoms with Crippen LogP contribution in [0.4, 0.5) is 5.69 Å². The van der Waals surface area contributed by atoms with Crippen molar-refractivity contribution in [2.45, 2.75) is 6.04 Å². The van der Waals surface area contributed by atoms with Gasteiger partial charge in [-0.2, -0.15) is 0 Å². The van der Waals surface area contributed by atoms with Crippen LogP contribution in [0, 0.1) is 0 Å². The van der Waals surface area contributed by atoms with Gasteiger partial charge < -0.3 is 15.4 Å². The highest BCUT2D eigenvalue weighted by Gasteiger charge is 2.20. The minimum atomic E-state index is -0.401. The number of benzene rings is 2. The quantitative estimate of drug-likeness (QED) is 0.919. The molecule has 3 nitrogen and oxygen atoms in total. The zero-order valence-corrected chi connectivity index (χ0v) is 13.7. The molecule has 112 valence electrons. The third-order valence-electron chi connectivity index (χ3n) is 3.38. The molecule has 2 N–H and O–H groups in total. The van der Waals surface area contributed by atoms with Crippen LogP contribution >= 0.6 is 23.2 Å². The first-order chi connectivity index (χ1) is 9.95. The van der Waals surface area contributed by atoms with E-state index in [4.69, 9.17) is 33.7 Å². The van der Waals surface area contributed by atoms with Crippen molar-refractivity contribution < 1.29 is 4.74 Å². The third-order valence-corrected chi connectivity index (χ3v) is 4.01. The number of hydrogen-bond donors (Lipinski definition) is 1. The maximum atomic E-state index is 6.35. The van der Waals surface area contributed by atoms with Gasteiger partial charge in [-0.05, 0) is 29.8 Å². The first kappa shape index (κ1) is 16.0. The SMILES string of the molecule is COc1c(Cl)ccc(Cl)c1C(N)c1ccc(N(C)C)cc1. The van der Waals surface area contributed by atoms with Crippen LogP contribution in [0.5, 0.6) is 5.75 Å². The highest BCUT2D eigenvalue weighted by atomic mass is 35.5. The number of anilines is 1. The smallest absolute Gasteiger partial charge is 0.144 e. The molecule has 1 unspecified atom stereocenters. The van der Waals surface area contributed by atoms with Crippen LogP contribution in [0.15, 0.2) is 36.4 Å². The molecule has 0 fully saturated rings. The zero-order chi connectivity index (χ0) is 15.6. The van der Waals surface area contributed by atoms with Crippen molar-refractivity contribution in [3.63, 3.8) is 0 Å². The summed E-state index contributed by atoms with van der Waals surface area (Å²) in [5, 5.41) is 1.04. The lowest BCUT2D eigenvalue weighted by atomic mass is 9.98. The van der Waals surface area contributed by atoms with E-state index in [2.05, 4.69) is 0 Å². The Bertz CT molecular complexity index is 627. The van der Waals surface area contributed by atoms with Crippen LogP contribution in [0.2, 0.25) is 10.0 Å². The molecule has 2 aromatic rings. The molecule has 0 saturated heterocycles. The van der Waals surface area contributed by atoms with E-state index in [0.717, 1.165) is 11.3 Å². The average Bonchev–Trinajstić information content (AvgIpc) is 2.48. The molecule has 2 rings (SSSR count). The highest BCUT2D eigenvalue weighted by Crippen LogP contribution is 2.39. The van der Waals surface area contributed by atoms with E-state index in [1.54, 1.807) is 19.2 Å². The summed E-state index contributed by atoms with van der Waals surface area (Å²) in [6.45, 7) is 0. The van der Waals surface area contributed by atoms with Gasteiger partial charge in [-0.1, -0.05) is 35.3 Å². The van der Waals surface area contributed by atoms with Crippen LogP contribution in [0.1, 0.15) is 17.2 Å². The molecule has 0 aliphatic heterocycles. The number of rotatable bonds is 4. The molecular formula is C16H18Cl2N2O. The highest BCUT2D eigenvalue weighted by molar-refractivity contribution is 6.35. The van der Waals surface area contributed by atoms with E-state index in [1.165, 1.54) is 0 Å². The second-order valence-corrected chi connectivity index (χ2v) is 5.75. The maximum absolute atomic E-state index is 6.35. The summed E-state index contributed by atoms with van der Waals surface area (Å²) >= 11 is 12.4. The van der Waals surface area contributed by atoms with Gasteiger partial charge in [0, 0.05) is 30.4 Å². The lowest BCUT2D eigenvalue weighted by Crippen LogP contribution is -2.14. The van der Waals surface area contributed by atoms with Crippen molar-refractivity contribution in [2.75, 3.05) is 26.1 Å². The third kappa shape index (κ3) is 3.26. The Labute approximate surface area is 135 Å². The molecule has 0 saturated carbocycles. The summed E-state index contributed by atoms with van der Waals surface area (Å²) in [6.07, 6.45) is 0. The fourth-order valence-electron chi connectivity index (χ4n) is 2.19. The second kappa shape index (κ2) is 6.56. The van der Waals surface area contributed by atoms with Crippen molar-refractivity contribution in [3.05, 3.63) is 57.6 Å². The second-order valence-electron chi connectivity index (χ2n) is 4.94. The van der Waals surface area contributed by atoms with Gasteiger partial charge in [0.1, 0.15) is 5.75 Å². The van der Waals surface area contributed by atoms with Gasteiger partial charge in [-0.15, -0.1) is 0 Å². The van der Waals surface area contributed by atoms with Gasteiger partial charge in [0.2, 0.25) is 0 Å². The molecule has 0 aromatic heterocycles. The summed E-state index contributed by atoms with van der Waals surface area (Å²) in [4.78, 5) is 2.03. The Balaban J connectivity index is 2.44. The summed E-state index contributed by atoms with van der Waals surface area (Å²) in [5.74, 6) is 0.522. The van der Waals surface area contributed by atoms with E-state index in [0.29, 0.717) is 21.4 Å². The van der Waals surface area contributed by atoms with Crippen LogP contribution in [-0.2, 0) is 0 Å². The molecule has 0 aliphatic rings. The molecule has 0 spiro atoms. The summed E-state index contributed by atoms with van der Waals surface area (Å²) in [6, 6.07) is 11.0. The predicted octanol–water partition coefficient (Wildman–Crippen LogP) is 4.12. The fourth-order valence-corrected chi connectivity index (χ4v) is 2.70. The topological polar surface area (TPSA) is 38.5 Å². The van der Waals surface area contributed by atoms with Crippen molar-refractivity contribution in [2.24, 2.45) is 5.73 Å². The molecule has 0 amide bonds. The number of methoxy groups -OCH3 is 1. The monoisotopic (exact) mass is 324 g/mol. The van der Waals surface area contributed by atoms with E-state index >= 15 is 0 Å². The van der Waals surface area contributed by atoms with Crippen LogP contribution in [-0.4, -0.2) is 21.2 Å². The number of ether oxygens (including phenoxy) is 1. The summed E-state index contributed by atoms with van der Waals surface area (Å²) in [5.41, 5.74) is 9.10. The molecule has 21 heavy (non-hydrogen) atoms.